The van der Waals surface area contributed by atoms with Gasteiger partial charge in [0.15, 0.2) is 0 Å². The molecular weight excluding hydrogens is 284 g/mol. The Kier molecular flexibility index (Phi) is 6.06. The van der Waals surface area contributed by atoms with Gasteiger partial charge in [0.05, 0.1) is 6.10 Å². The molecule has 0 aromatic heterocycles. The van der Waals surface area contributed by atoms with Gasteiger partial charge in [0.1, 0.15) is 0 Å². The van der Waals surface area contributed by atoms with E-state index < -0.39 is 0 Å². The van der Waals surface area contributed by atoms with E-state index in [0.717, 1.165) is 37.4 Å². The molecule has 1 aliphatic rings. The van der Waals surface area contributed by atoms with Gasteiger partial charge in [0.25, 0.3) is 0 Å². The van der Waals surface area contributed by atoms with Crippen LogP contribution < -0.4 is 5.73 Å². The van der Waals surface area contributed by atoms with Gasteiger partial charge in [0.2, 0.25) is 0 Å². The summed E-state index contributed by atoms with van der Waals surface area (Å²) in [4.78, 5) is 2.47. The van der Waals surface area contributed by atoms with Crippen molar-refractivity contribution in [2.45, 2.75) is 51.3 Å². The largest absolute Gasteiger partial charge is 0.393 e. The topological polar surface area (TPSA) is 49.5 Å². The first-order valence-corrected chi connectivity index (χ1v) is 8.34. The summed E-state index contributed by atoms with van der Waals surface area (Å²) in [6, 6.07) is 8.41. The average Bonchev–Trinajstić information content (AvgIpc) is 2.49. The zero-order valence-electron chi connectivity index (χ0n) is 13.0. The minimum atomic E-state index is -0.207. The number of likely N-dealkylation sites (tertiary alicyclic amines) is 1. The van der Waals surface area contributed by atoms with Gasteiger partial charge in [0, 0.05) is 17.1 Å². The fourth-order valence-corrected chi connectivity index (χ4v) is 3.42. The first-order valence-electron chi connectivity index (χ1n) is 7.96. The van der Waals surface area contributed by atoms with Gasteiger partial charge in [-0.05, 0) is 62.9 Å². The van der Waals surface area contributed by atoms with Crippen LogP contribution in [0, 0.1) is 5.92 Å². The molecule has 0 saturated carbocycles. The van der Waals surface area contributed by atoms with E-state index in [2.05, 4.69) is 24.0 Å². The molecular formula is C17H27ClN2O. The molecule has 1 heterocycles. The molecule has 3 unspecified atom stereocenters. The van der Waals surface area contributed by atoms with E-state index in [4.69, 9.17) is 17.3 Å². The first-order chi connectivity index (χ1) is 10.0. The highest BCUT2D eigenvalue weighted by molar-refractivity contribution is 6.30. The Labute approximate surface area is 133 Å². The Morgan fingerprint density at radius 2 is 1.86 bits per heavy atom. The zero-order valence-corrected chi connectivity index (χ0v) is 13.8. The van der Waals surface area contributed by atoms with E-state index in [1.54, 1.807) is 0 Å². The minimum Gasteiger partial charge on any atom is -0.393 e. The predicted octanol–water partition coefficient (Wildman–Crippen LogP) is 3.21. The van der Waals surface area contributed by atoms with Crippen molar-refractivity contribution < 1.29 is 5.11 Å². The predicted molar refractivity (Wildman–Crippen MR) is 88.4 cm³/mol. The van der Waals surface area contributed by atoms with Crippen molar-refractivity contribution in [2.75, 3.05) is 13.1 Å². The van der Waals surface area contributed by atoms with E-state index in [1.165, 1.54) is 5.56 Å². The summed E-state index contributed by atoms with van der Waals surface area (Å²) in [6.07, 6.45) is 2.82. The molecule has 118 valence electrons. The van der Waals surface area contributed by atoms with Crippen molar-refractivity contribution in [3.05, 3.63) is 34.9 Å². The summed E-state index contributed by atoms with van der Waals surface area (Å²) in [5.74, 6) is 0.421. The van der Waals surface area contributed by atoms with Crippen LogP contribution in [-0.4, -0.2) is 35.2 Å². The molecule has 4 heteroatoms. The van der Waals surface area contributed by atoms with E-state index in [1.807, 2.05) is 19.1 Å². The van der Waals surface area contributed by atoms with Crippen LogP contribution in [0.15, 0.2) is 24.3 Å². The monoisotopic (exact) mass is 310 g/mol. The highest BCUT2D eigenvalue weighted by atomic mass is 35.5. The number of aliphatic hydroxyl groups excluding tert-OH is 1. The number of hydrogen-bond donors (Lipinski definition) is 2. The number of benzene rings is 1. The Bertz CT molecular complexity index is 427. The third kappa shape index (κ3) is 4.19. The smallest absolute Gasteiger partial charge is 0.0541 e. The number of nitrogens with two attached hydrogens (primary N) is 1. The number of halogens is 1. The summed E-state index contributed by atoms with van der Waals surface area (Å²) >= 11 is 6.00. The fourth-order valence-electron chi connectivity index (χ4n) is 3.29. The quantitative estimate of drug-likeness (QED) is 0.878. The molecule has 1 saturated heterocycles. The van der Waals surface area contributed by atoms with E-state index >= 15 is 0 Å². The Morgan fingerprint density at radius 1 is 1.29 bits per heavy atom. The Balaban J connectivity index is 2.12. The summed E-state index contributed by atoms with van der Waals surface area (Å²) in [5, 5.41) is 10.5. The molecule has 1 aromatic rings. The van der Waals surface area contributed by atoms with Crippen LogP contribution in [0.1, 0.15) is 44.7 Å². The van der Waals surface area contributed by atoms with Crippen molar-refractivity contribution in [2.24, 2.45) is 11.7 Å². The third-order valence-corrected chi connectivity index (χ3v) is 4.99. The average molecular weight is 311 g/mol. The SMILES string of the molecule is CCC(N)C(c1ccc(Cl)cc1)N1CCC(C(C)O)CC1. The van der Waals surface area contributed by atoms with Crippen LogP contribution in [0.4, 0.5) is 0 Å². The number of piperidine rings is 1. The van der Waals surface area contributed by atoms with Gasteiger partial charge in [-0.25, -0.2) is 0 Å². The maximum Gasteiger partial charge on any atom is 0.0541 e. The summed E-state index contributed by atoms with van der Waals surface area (Å²) < 4.78 is 0. The molecule has 0 radical (unpaired) electrons. The minimum absolute atomic E-state index is 0.120. The van der Waals surface area contributed by atoms with Crippen LogP contribution in [-0.2, 0) is 0 Å². The normalized spacial score (nSPS) is 22.0. The number of hydrogen-bond acceptors (Lipinski definition) is 3. The highest BCUT2D eigenvalue weighted by Gasteiger charge is 2.30. The zero-order chi connectivity index (χ0) is 15.4. The standard InChI is InChI=1S/C17H27ClN2O/c1-3-16(19)17(14-4-6-15(18)7-5-14)20-10-8-13(9-11-20)12(2)21/h4-7,12-13,16-17,21H,3,8-11,19H2,1-2H3. The molecule has 21 heavy (non-hydrogen) atoms. The highest BCUT2D eigenvalue weighted by Crippen LogP contribution is 2.31. The van der Waals surface area contributed by atoms with Crippen LogP contribution in [0.3, 0.4) is 0 Å². The molecule has 3 atom stereocenters. The number of rotatable bonds is 5. The lowest BCUT2D eigenvalue weighted by Gasteiger charge is -2.41. The molecule has 1 aliphatic heterocycles. The molecule has 1 aromatic carbocycles. The Morgan fingerprint density at radius 3 is 2.33 bits per heavy atom. The lowest BCUT2D eigenvalue weighted by Crippen LogP contribution is -2.45. The third-order valence-electron chi connectivity index (χ3n) is 4.74. The van der Waals surface area contributed by atoms with Crippen molar-refractivity contribution in [3.63, 3.8) is 0 Å². The van der Waals surface area contributed by atoms with Crippen LogP contribution in [0.5, 0.6) is 0 Å². The Hall–Kier alpha value is -0.610. The summed E-state index contributed by atoms with van der Waals surface area (Å²) in [5.41, 5.74) is 7.63. The molecule has 0 spiro atoms. The first kappa shape index (κ1) is 16.8. The van der Waals surface area contributed by atoms with Crippen LogP contribution in [0.2, 0.25) is 5.02 Å². The van der Waals surface area contributed by atoms with Crippen molar-refractivity contribution >= 4 is 11.6 Å². The molecule has 3 N–H and O–H groups in total. The molecule has 0 bridgehead atoms. The second-order valence-corrected chi connectivity index (χ2v) is 6.62. The van der Waals surface area contributed by atoms with E-state index in [0.29, 0.717) is 5.92 Å². The number of aliphatic hydroxyl groups is 1. The molecule has 1 fully saturated rings. The van der Waals surface area contributed by atoms with Gasteiger partial charge >= 0.3 is 0 Å². The van der Waals surface area contributed by atoms with Gasteiger partial charge in [-0.1, -0.05) is 30.7 Å². The van der Waals surface area contributed by atoms with Gasteiger partial charge in [-0.2, -0.15) is 0 Å². The van der Waals surface area contributed by atoms with E-state index in [-0.39, 0.29) is 18.2 Å². The molecule has 0 aliphatic carbocycles. The van der Waals surface area contributed by atoms with Gasteiger partial charge in [-0.3, -0.25) is 4.90 Å². The summed E-state index contributed by atoms with van der Waals surface area (Å²) in [6.45, 7) is 6.03. The van der Waals surface area contributed by atoms with Crippen molar-refractivity contribution in [1.82, 2.24) is 4.90 Å². The lowest BCUT2D eigenvalue weighted by atomic mass is 9.88. The number of nitrogens with zero attached hydrogens (tertiary/aromatic N) is 1. The van der Waals surface area contributed by atoms with E-state index in [9.17, 15) is 5.11 Å². The molecule has 2 rings (SSSR count). The summed E-state index contributed by atoms with van der Waals surface area (Å²) in [7, 11) is 0. The van der Waals surface area contributed by atoms with Crippen LogP contribution >= 0.6 is 11.6 Å². The van der Waals surface area contributed by atoms with Gasteiger partial charge in [-0.15, -0.1) is 0 Å². The maximum absolute atomic E-state index is 9.75. The fraction of sp³-hybridized carbons (Fsp3) is 0.647. The second kappa shape index (κ2) is 7.59. The van der Waals surface area contributed by atoms with Crippen molar-refractivity contribution in [3.8, 4) is 0 Å². The lowest BCUT2D eigenvalue weighted by molar-refractivity contribution is 0.0495. The molecule has 3 nitrogen and oxygen atoms in total. The van der Waals surface area contributed by atoms with Gasteiger partial charge < -0.3 is 10.8 Å². The van der Waals surface area contributed by atoms with Crippen molar-refractivity contribution in [1.29, 1.82) is 0 Å². The maximum atomic E-state index is 9.75. The molecule has 0 amide bonds. The second-order valence-electron chi connectivity index (χ2n) is 6.18. The van der Waals surface area contributed by atoms with Crippen LogP contribution in [0.25, 0.3) is 0 Å².